The van der Waals surface area contributed by atoms with Crippen LogP contribution < -0.4 is 11.1 Å². The molecule has 1 aliphatic rings. The van der Waals surface area contributed by atoms with Gasteiger partial charge < -0.3 is 20.9 Å². The van der Waals surface area contributed by atoms with Crippen LogP contribution >= 0.6 is 23.2 Å². The maximum absolute atomic E-state index is 13.6. The van der Waals surface area contributed by atoms with E-state index in [1.54, 1.807) is 24.4 Å². The number of allylic oxidation sites excluding steroid dienone is 2. The van der Waals surface area contributed by atoms with Gasteiger partial charge in [-0.3, -0.25) is 0 Å². The normalized spacial score (nSPS) is 16.2. The summed E-state index contributed by atoms with van der Waals surface area (Å²) in [7, 11) is 0. The topological polar surface area (TPSA) is 84.6 Å². The summed E-state index contributed by atoms with van der Waals surface area (Å²) in [5.41, 5.74) is 8.03. The number of dihydropyridines is 1. The second-order valence-corrected chi connectivity index (χ2v) is 6.57. The van der Waals surface area contributed by atoms with Gasteiger partial charge in [-0.25, -0.2) is 9.18 Å². The Morgan fingerprint density at radius 3 is 2.59 bits per heavy atom. The number of nitrogens with two attached hydrogens (primary N) is 1. The zero-order valence-electron chi connectivity index (χ0n) is 13.9. The van der Waals surface area contributed by atoms with Gasteiger partial charge in [0, 0.05) is 22.4 Å². The number of hydrogen-bond acceptors (Lipinski definition) is 4. The van der Waals surface area contributed by atoms with Gasteiger partial charge in [0.05, 0.1) is 10.6 Å². The van der Waals surface area contributed by atoms with Gasteiger partial charge in [-0.2, -0.15) is 0 Å². The quantitative estimate of drug-likeness (QED) is 0.646. The molecule has 0 fully saturated rings. The minimum atomic E-state index is -0.997. The van der Waals surface area contributed by atoms with Crippen molar-refractivity contribution in [3.05, 3.63) is 87.0 Å². The highest BCUT2D eigenvalue weighted by Crippen LogP contribution is 2.29. The summed E-state index contributed by atoms with van der Waals surface area (Å²) in [6.07, 6.45) is 2.83. The highest BCUT2D eigenvalue weighted by molar-refractivity contribution is 6.36. The third-order valence-electron chi connectivity index (χ3n) is 4.01. The van der Waals surface area contributed by atoms with Crippen LogP contribution in [0.4, 0.5) is 4.39 Å². The van der Waals surface area contributed by atoms with Gasteiger partial charge in [0.15, 0.2) is 0 Å². The first-order valence-corrected chi connectivity index (χ1v) is 8.64. The number of halogens is 3. The molecule has 0 aliphatic carbocycles. The minimum Gasteiger partial charge on any atom is -0.489 e. The number of rotatable bonds is 5. The molecule has 0 saturated heterocycles. The molecule has 4 N–H and O–H groups in total. The number of carbonyl (C=O) groups is 1. The van der Waals surface area contributed by atoms with Crippen molar-refractivity contribution in [2.24, 2.45) is 5.73 Å². The Hall–Kier alpha value is -2.54. The molecule has 0 radical (unpaired) electrons. The van der Waals surface area contributed by atoms with Gasteiger partial charge in [-0.1, -0.05) is 35.3 Å². The molecule has 1 heterocycles. The highest BCUT2D eigenvalue weighted by atomic mass is 35.5. The summed E-state index contributed by atoms with van der Waals surface area (Å²) in [4.78, 5) is 11.0. The molecule has 8 heteroatoms. The Kier molecular flexibility index (Phi) is 5.70. The fourth-order valence-electron chi connectivity index (χ4n) is 2.51. The summed E-state index contributed by atoms with van der Waals surface area (Å²) in [5.74, 6) is -1.17. The lowest BCUT2D eigenvalue weighted by Crippen LogP contribution is -2.38. The van der Waals surface area contributed by atoms with Gasteiger partial charge >= 0.3 is 5.97 Å². The Balaban J connectivity index is 1.80. The lowest BCUT2D eigenvalue weighted by atomic mass is 10.0. The molecule has 5 nitrogen and oxygen atoms in total. The number of carboxylic acids is 1. The molecule has 2 aromatic rings. The smallest absolute Gasteiger partial charge is 0.335 e. The van der Waals surface area contributed by atoms with Crippen molar-refractivity contribution in [3.63, 3.8) is 0 Å². The van der Waals surface area contributed by atoms with E-state index in [4.69, 9.17) is 38.8 Å². The predicted molar refractivity (Wildman–Crippen MR) is 102 cm³/mol. The van der Waals surface area contributed by atoms with E-state index in [0.29, 0.717) is 16.3 Å². The zero-order valence-corrected chi connectivity index (χ0v) is 15.4. The highest BCUT2D eigenvalue weighted by Gasteiger charge is 2.18. The van der Waals surface area contributed by atoms with E-state index in [1.807, 2.05) is 0 Å². The molecule has 0 amide bonds. The van der Waals surface area contributed by atoms with E-state index >= 15 is 0 Å². The van der Waals surface area contributed by atoms with Gasteiger partial charge in [0.2, 0.25) is 0 Å². The second kappa shape index (κ2) is 8.00. The van der Waals surface area contributed by atoms with E-state index in [0.717, 1.165) is 11.1 Å². The molecule has 0 spiro atoms. The first-order chi connectivity index (χ1) is 12.9. The Labute approximate surface area is 164 Å². The monoisotopic (exact) mass is 408 g/mol. The molecule has 0 bridgehead atoms. The van der Waals surface area contributed by atoms with E-state index in [2.05, 4.69) is 5.32 Å². The van der Waals surface area contributed by atoms with Crippen LogP contribution in [0.3, 0.4) is 0 Å². The standard InChI is InChI=1S/C19H15Cl2FN2O3/c20-14-5-6-15(22)17(21)13(14)9-27-16-7-12(8-24-18(16)23)10-1-3-11(4-2-10)19(25)26/h1-8,18,24H,9,23H2,(H,25,26). The average Bonchev–Trinajstić information content (AvgIpc) is 2.66. The first-order valence-electron chi connectivity index (χ1n) is 7.89. The van der Waals surface area contributed by atoms with Gasteiger partial charge in [-0.05, 0) is 35.9 Å². The maximum atomic E-state index is 13.6. The van der Waals surface area contributed by atoms with Gasteiger partial charge in [0.1, 0.15) is 24.3 Å². The summed E-state index contributed by atoms with van der Waals surface area (Å²) in [6.45, 7) is -0.0537. The third-order valence-corrected chi connectivity index (χ3v) is 4.77. The molecule has 140 valence electrons. The van der Waals surface area contributed by atoms with Crippen molar-refractivity contribution in [3.8, 4) is 0 Å². The van der Waals surface area contributed by atoms with Crippen LogP contribution in [0.25, 0.3) is 5.57 Å². The lowest BCUT2D eigenvalue weighted by molar-refractivity contribution is 0.0697. The predicted octanol–water partition coefficient (Wildman–Crippen LogP) is 4.16. The minimum absolute atomic E-state index is 0.0537. The van der Waals surface area contributed by atoms with Crippen LogP contribution in [0, 0.1) is 5.82 Å². The number of benzene rings is 2. The summed E-state index contributed by atoms with van der Waals surface area (Å²) < 4.78 is 19.3. The molecule has 2 aromatic carbocycles. The molecule has 1 aliphatic heterocycles. The molecule has 27 heavy (non-hydrogen) atoms. The Morgan fingerprint density at radius 1 is 1.22 bits per heavy atom. The van der Waals surface area contributed by atoms with Crippen LogP contribution in [-0.2, 0) is 11.3 Å². The zero-order chi connectivity index (χ0) is 19.6. The molecule has 0 saturated carbocycles. The van der Waals surface area contributed by atoms with Crippen LogP contribution in [0.5, 0.6) is 0 Å². The fraction of sp³-hybridized carbons (Fsp3) is 0.105. The number of nitrogens with one attached hydrogen (secondary N) is 1. The number of aromatic carboxylic acids is 1. The van der Waals surface area contributed by atoms with Crippen molar-refractivity contribution in [2.75, 3.05) is 0 Å². The van der Waals surface area contributed by atoms with E-state index in [-0.39, 0.29) is 17.2 Å². The van der Waals surface area contributed by atoms with Crippen LogP contribution in [0.2, 0.25) is 10.0 Å². The molecular formula is C19H15Cl2FN2O3. The SMILES string of the molecule is NC1NC=C(c2ccc(C(=O)O)cc2)C=C1OCc1c(Cl)ccc(F)c1Cl. The van der Waals surface area contributed by atoms with Crippen molar-refractivity contribution >= 4 is 34.7 Å². The molecule has 3 rings (SSSR count). The number of hydrogen-bond donors (Lipinski definition) is 3. The number of carboxylic acid groups (broad SMARTS) is 1. The summed E-state index contributed by atoms with van der Waals surface area (Å²) >= 11 is 12.0. The van der Waals surface area contributed by atoms with E-state index in [1.165, 1.54) is 24.3 Å². The first kappa shape index (κ1) is 19.2. The Morgan fingerprint density at radius 2 is 1.93 bits per heavy atom. The largest absolute Gasteiger partial charge is 0.489 e. The van der Waals surface area contributed by atoms with E-state index < -0.39 is 18.0 Å². The van der Waals surface area contributed by atoms with Crippen molar-refractivity contribution in [1.29, 1.82) is 0 Å². The Bertz CT molecular complexity index is 943. The van der Waals surface area contributed by atoms with Crippen LogP contribution in [-0.4, -0.2) is 17.2 Å². The van der Waals surface area contributed by atoms with Crippen molar-refractivity contribution in [2.45, 2.75) is 12.8 Å². The summed E-state index contributed by atoms with van der Waals surface area (Å²) in [5, 5.41) is 12.1. The van der Waals surface area contributed by atoms with Crippen LogP contribution in [0.15, 0.2) is 54.4 Å². The molecule has 1 atom stereocenters. The molecular weight excluding hydrogens is 394 g/mol. The maximum Gasteiger partial charge on any atom is 0.335 e. The van der Waals surface area contributed by atoms with Crippen LogP contribution in [0.1, 0.15) is 21.5 Å². The lowest BCUT2D eigenvalue weighted by Gasteiger charge is -2.23. The second-order valence-electron chi connectivity index (χ2n) is 5.78. The summed E-state index contributed by atoms with van der Waals surface area (Å²) in [6, 6.07) is 8.97. The molecule has 0 aromatic heterocycles. The van der Waals surface area contributed by atoms with Crippen molar-refractivity contribution in [1.82, 2.24) is 5.32 Å². The van der Waals surface area contributed by atoms with Crippen molar-refractivity contribution < 1.29 is 19.0 Å². The molecule has 1 unspecified atom stereocenters. The number of ether oxygens (including phenoxy) is 1. The third kappa shape index (κ3) is 4.24. The average molecular weight is 409 g/mol. The van der Waals surface area contributed by atoms with Gasteiger partial charge in [-0.15, -0.1) is 0 Å². The van der Waals surface area contributed by atoms with Gasteiger partial charge in [0.25, 0.3) is 0 Å². The fourth-order valence-corrected chi connectivity index (χ4v) is 2.99. The van der Waals surface area contributed by atoms with E-state index in [9.17, 15) is 9.18 Å².